The fourth-order valence-electron chi connectivity index (χ4n) is 0.694. The zero-order valence-corrected chi connectivity index (χ0v) is 5.98. The van der Waals surface area contributed by atoms with Gasteiger partial charge in [0.1, 0.15) is 10.7 Å². The molecule has 0 fully saturated rings. The van der Waals surface area contributed by atoms with Crippen molar-refractivity contribution in [3.8, 4) is 0 Å². The lowest BCUT2D eigenvalue weighted by atomic mass is 10.4. The van der Waals surface area contributed by atoms with E-state index in [4.69, 9.17) is 4.42 Å². The Morgan fingerprint density at radius 1 is 1.64 bits per heavy atom. The zero-order chi connectivity index (χ0) is 8.27. The van der Waals surface area contributed by atoms with Crippen LogP contribution in [0.25, 0.3) is 6.08 Å². The van der Waals surface area contributed by atoms with Gasteiger partial charge in [-0.1, -0.05) is 6.08 Å². The Morgan fingerprint density at radius 3 is 2.82 bits per heavy atom. The number of allylic oxidation sites excluding steroid dienone is 1. The van der Waals surface area contributed by atoms with Gasteiger partial charge in [0.25, 0.3) is 0 Å². The van der Waals surface area contributed by atoms with Gasteiger partial charge in [-0.15, -0.1) is 0 Å². The molecule has 1 rings (SSSR count). The first kappa shape index (κ1) is 7.53. The topological polar surface area (TPSA) is 56.3 Å². The van der Waals surface area contributed by atoms with Gasteiger partial charge in [0.15, 0.2) is 0 Å². The van der Waals surface area contributed by atoms with E-state index in [0.29, 0.717) is 5.76 Å². The van der Waals surface area contributed by atoms with Crippen LogP contribution >= 0.6 is 0 Å². The van der Waals surface area contributed by atoms with Crippen molar-refractivity contribution in [3.05, 3.63) is 34.1 Å². The summed E-state index contributed by atoms with van der Waals surface area (Å²) in [5.74, 6) is 0.275. The smallest absolute Gasteiger partial charge is 0.401 e. The van der Waals surface area contributed by atoms with Crippen LogP contribution in [0.1, 0.15) is 12.7 Å². The molecule has 0 aromatic carbocycles. The highest BCUT2D eigenvalue weighted by molar-refractivity contribution is 5.43. The van der Waals surface area contributed by atoms with Crippen molar-refractivity contribution >= 4 is 12.0 Å². The molecule has 0 saturated heterocycles. The second-order valence-corrected chi connectivity index (χ2v) is 1.93. The molecule has 0 radical (unpaired) electrons. The van der Waals surface area contributed by atoms with Gasteiger partial charge in [-0.2, -0.15) is 0 Å². The zero-order valence-electron chi connectivity index (χ0n) is 5.98. The van der Waals surface area contributed by atoms with Crippen LogP contribution in [-0.2, 0) is 0 Å². The van der Waals surface area contributed by atoms with Crippen molar-refractivity contribution in [1.82, 2.24) is 0 Å². The highest BCUT2D eigenvalue weighted by atomic mass is 16.6. The number of hydrogen-bond donors (Lipinski definition) is 0. The predicted molar refractivity (Wildman–Crippen MR) is 40.1 cm³/mol. The summed E-state index contributed by atoms with van der Waals surface area (Å²) in [7, 11) is 0. The third-order valence-electron chi connectivity index (χ3n) is 1.12. The molecular weight excluding hydrogens is 146 g/mol. The lowest BCUT2D eigenvalue weighted by Gasteiger charge is -1.81. The summed E-state index contributed by atoms with van der Waals surface area (Å²) >= 11 is 0. The molecule has 0 amide bonds. The average molecular weight is 153 g/mol. The summed E-state index contributed by atoms with van der Waals surface area (Å²) in [6.45, 7) is 1.81. The fourth-order valence-corrected chi connectivity index (χ4v) is 0.694. The quantitative estimate of drug-likeness (QED) is 0.483. The SMILES string of the molecule is C/C=C/c1ccc([N+](=O)[O-])o1. The van der Waals surface area contributed by atoms with Crippen LogP contribution in [0.2, 0.25) is 0 Å². The predicted octanol–water partition coefficient (Wildman–Crippen LogP) is 2.22. The molecule has 0 saturated carbocycles. The van der Waals surface area contributed by atoms with E-state index in [1.54, 1.807) is 18.2 Å². The maximum Gasteiger partial charge on any atom is 0.433 e. The first-order valence-corrected chi connectivity index (χ1v) is 3.11. The van der Waals surface area contributed by atoms with Gasteiger partial charge in [-0.3, -0.25) is 10.1 Å². The van der Waals surface area contributed by atoms with Crippen molar-refractivity contribution in [2.45, 2.75) is 6.92 Å². The van der Waals surface area contributed by atoms with Gasteiger partial charge >= 0.3 is 5.88 Å². The first-order valence-electron chi connectivity index (χ1n) is 3.11. The van der Waals surface area contributed by atoms with Crippen molar-refractivity contribution in [3.63, 3.8) is 0 Å². The van der Waals surface area contributed by atoms with Crippen molar-refractivity contribution in [1.29, 1.82) is 0 Å². The minimum atomic E-state index is -0.562. The van der Waals surface area contributed by atoms with E-state index in [0.717, 1.165) is 0 Å². The fraction of sp³-hybridized carbons (Fsp3) is 0.143. The Bertz CT molecular complexity index is 288. The molecule has 11 heavy (non-hydrogen) atoms. The van der Waals surface area contributed by atoms with E-state index in [9.17, 15) is 10.1 Å². The van der Waals surface area contributed by atoms with Crippen LogP contribution in [-0.4, -0.2) is 4.92 Å². The lowest BCUT2D eigenvalue weighted by Crippen LogP contribution is -1.82. The minimum Gasteiger partial charge on any atom is -0.401 e. The Hall–Kier alpha value is -1.58. The van der Waals surface area contributed by atoms with Crippen LogP contribution < -0.4 is 0 Å². The third kappa shape index (κ3) is 1.67. The Morgan fingerprint density at radius 2 is 2.36 bits per heavy atom. The van der Waals surface area contributed by atoms with Gasteiger partial charge in [0.2, 0.25) is 0 Å². The van der Waals surface area contributed by atoms with E-state index in [1.165, 1.54) is 6.07 Å². The van der Waals surface area contributed by atoms with Gasteiger partial charge in [0, 0.05) is 0 Å². The van der Waals surface area contributed by atoms with Gasteiger partial charge in [0.05, 0.1) is 6.07 Å². The Balaban J connectivity index is 2.90. The molecule has 0 spiro atoms. The number of nitrogens with zero attached hydrogens (tertiary/aromatic N) is 1. The van der Waals surface area contributed by atoms with Crippen molar-refractivity contribution in [2.75, 3.05) is 0 Å². The second kappa shape index (κ2) is 3.01. The number of hydrogen-bond acceptors (Lipinski definition) is 3. The molecule has 4 heteroatoms. The minimum absolute atomic E-state index is 0.224. The molecule has 1 aromatic rings. The monoisotopic (exact) mass is 153 g/mol. The molecule has 1 heterocycles. The standard InChI is InChI=1S/C7H7NO3/c1-2-3-6-4-5-7(11-6)8(9)10/h2-5H,1H3/b3-2+. The molecule has 0 bridgehead atoms. The summed E-state index contributed by atoms with van der Waals surface area (Å²) in [4.78, 5) is 9.54. The Labute approximate surface area is 63.3 Å². The summed E-state index contributed by atoms with van der Waals surface area (Å²) < 4.78 is 4.80. The molecule has 1 aromatic heterocycles. The molecular formula is C7H7NO3. The number of furan rings is 1. The van der Waals surface area contributed by atoms with Gasteiger partial charge in [-0.25, -0.2) is 0 Å². The maximum atomic E-state index is 10.1. The first-order chi connectivity index (χ1) is 5.24. The highest BCUT2D eigenvalue weighted by Gasteiger charge is 2.09. The highest BCUT2D eigenvalue weighted by Crippen LogP contribution is 2.16. The summed E-state index contributed by atoms with van der Waals surface area (Å²) in [6.07, 6.45) is 3.41. The molecule has 0 N–H and O–H groups in total. The largest absolute Gasteiger partial charge is 0.433 e. The van der Waals surface area contributed by atoms with Crippen LogP contribution in [0.5, 0.6) is 0 Å². The summed E-state index contributed by atoms with van der Waals surface area (Å²) in [6, 6.07) is 2.88. The van der Waals surface area contributed by atoms with E-state index in [1.807, 2.05) is 6.92 Å². The normalized spacial score (nSPS) is 10.6. The van der Waals surface area contributed by atoms with E-state index >= 15 is 0 Å². The van der Waals surface area contributed by atoms with Crippen LogP contribution in [0.15, 0.2) is 22.6 Å². The van der Waals surface area contributed by atoms with Crippen molar-refractivity contribution in [2.24, 2.45) is 0 Å². The molecule has 0 unspecified atom stereocenters. The van der Waals surface area contributed by atoms with E-state index < -0.39 is 4.92 Å². The molecule has 4 nitrogen and oxygen atoms in total. The third-order valence-corrected chi connectivity index (χ3v) is 1.12. The van der Waals surface area contributed by atoms with E-state index in [-0.39, 0.29) is 5.88 Å². The average Bonchev–Trinajstić information content (AvgIpc) is 2.37. The van der Waals surface area contributed by atoms with Crippen LogP contribution in [0.3, 0.4) is 0 Å². The maximum absolute atomic E-state index is 10.1. The van der Waals surface area contributed by atoms with Crippen LogP contribution in [0, 0.1) is 10.1 Å². The molecule has 0 aliphatic carbocycles. The summed E-state index contributed by atoms with van der Waals surface area (Å²) in [5.41, 5.74) is 0. The lowest BCUT2D eigenvalue weighted by molar-refractivity contribution is -0.402. The molecule has 0 aliphatic rings. The number of rotatable bonds is 2. The Kier molecular flexibility index (Phi) is 2.06. The molecule has 0 atom stereocenters. The summed E-state index contributed by atoms with van der Waals surface area (Å²) in [5, 5.41) is 10.1. The van der Waals surface area contributed by atoms with Gasteiger partial charge < -0.3 is 4.42 Å². The van der Waals surface area contributed by atoms with Crippen molar-refractivity contribution < 1.29 is 9.34 Å². The molecule has 0 aliphatic heterocycles. The van der Waals surface area contributed by atoms with E-state index in [2.05, 4.69) is 0 Å². The number of nitro groups is 1. The van der Waals surface area contributed by atoms with Crippen LogP contribution in [0.4, 0.5) is 5.88 Å². The molecule has 58 valence electrons. The second-order valence-electron chi connectivity index (χ2n) is 1.93. The van der Waals surface area contributed by atoms with Gasteiger partial charge in [-0.05, 0) is 19.1 Å².